The van der Waals surface area contributed by atoms with E-state index in [0.717, 1.165) is 44.2 Å². The number of methoxy groups -OCH3 is 2. The van der Waals surface area contributed by atoms with Crippen LogP contribution in [0.5, 0.6) is 0 Å². The fraction of sp³-hybridized carbons (Fsp3) is 0.800. The molecule has 0 amide bonds. The fourth-order valence-electron chi connectivity index (χ4n) is 2.79. The van der Waals surface area contributed by atoms with Gasteiger partial charge in [0.25, 0.3) is 0 Å². The van der Waals surface area contributed by atoms with Gasteiger partial charge < -0.3 is 19.3 Å². The average Bonchev–Trinajstić information content (AvgIpc) is 2.93. The summed E-state index contributed by atoms with van der Waals surface area (Å²) in [6.07, 6.45) is 3.81. The van der Waals surface area contributed by atoms with Crippen LogP contribution in [0.2, 0.25) is 0 Å². The lowest BCUT2D eigenvalue weighted by atomic mass is 10.0. The highest BCUT2D eigenvalue weighted by atomic mass is 16.5. The molecule has 0 bridgehead atoms. The summed E-state index contributed by atoms with van der Waals surface area (Å²) >= 11 is 0. The third-order valence-corrected chi connectivity index (χ3v) is 3.87. The van der Waals surface area contributed by atoms with Crippen LogP contribution in [0, 0.1) is 0 Å². The number of hydrogen-bond donors (Lipinski definition) is 1. The van der Waals surface area contributed by atoms with E-state index in [9.17, 15) is 0 Å². The Morgan fingerprint density at radius 3 is 3.10 bits per heavy atom. The van der Waals surface area contributed by atoms with Crippen molar-refractivity contribution in [3.05, 3.63) is 17.5 Å². The van der Waals surface area contributed by atoms with Gasteiger partial charge in [-0.25, -0.2) is 0 Å². The maximum absolute atomic E-state index is 5.26. The average molecular weight is 297 g/mol. The molecule has 1 unspecified atom stereocenters. The first-order valence-electron chi connectivity index (χ1n) is 7.70. The normalized spacial score (nSPS) is 20.0. The van der Waals surface area contributed by atoms with E-state index >= 15 is 0 Å². The molecule has 0 aromatic carbocycles. The molecule has 2 heterocycles. The first-order valence-corrected chi connectivity index (χ1v) is 7.70. The van der Waals surface area contributed by atoms with Crippen LogP contribution in [0.1, 0.15) is 30.7 Å². The van der Waals surface area contributed by atoms with Crippen molar-refractivity contribution >= 4 is 0 Å². The molecule has 6 heteroatoms. The molecule has 1 aromatic heterocycles. The quantitative estimate of drug-likeness (QED) is 0.696. The Labute approximate surface area is 126 Å². The van der Waals surface area contributed by atoms with Crippen LogP contribution in [0.3, 0.4) is 0 Å². The molecular weight excluding hydrogens is 270 g/mol. The summed E-state index contributed by atoms with van der Waals surface area (Å²) in [6.45, 7) is 5.13. The Hall–Kier alpha value is -0.950. The summed E-state index contributed by atoms with van der Waals surface area (Å²) < 4.78 is 15.4. The van der Waals surface area contributed by atoms with E-state index in [2.05, 4.69) is 15.4 Å². The Bertz CT molecular complexity index is 397. The number of nitrogens with one attached hydrogen (secondary N) is 1. The minimum Gasteiger partial charge on any atom is -0.383 e. The second-order valence-corrected chi connectivity index (χ2v) is 5.53. The van der Waals surface area contributed by atoms with Crippen molar-refractivity contribution in [2.24, 2.45) is 0 Å². The minimum atomic E-state index is 0.481. The fourth-order valence-corrected chi connectivity index (χ4v) is 2.79. The number of nitrogens with zero attached hydrogens (tertiary/aromatic N) is 2. The Kier molecular flexibility index (Phi) is 7.15. The summed E-state index contributed by atoms with van der Waals surface area (Å²) in [5.74, 6) is 0.791. The van der Waals surface area contributed by atoms with Gasteiger partial charge in [0, 0.05) is 46.0 Å². The zero-order chi connectivity index (χ0) is 14.9. The molecule has 2 rings (SSSR count). The molecule has 0 aliphatic carbocycles. The Morgan fingerprint density at radius 1 is 1.38 bits per heavy atom. The predicted octanol–water partition coefficient (Wildman–Crippen LogP) is 1.41. The van der Waals surface area contributed by atoms with Crippen LogP contribution in [0.4, 0.5) is 0 Å². The number of aromatic nitrogens is 1. The van der Waals surface area contributed by atoms with Gasteiger partial charge in [0.15, 0.2) is 5.76 Å². The van der Waals surface area contributed by atoms with Crippen molar-refractivity contribution < 1.29 is 14.0 Å². The molecule has 6 nitrogen and oxygen atoms in total. The summed E-state index contributed by atoms with van der Waals surface area (Å²) in [7, 11) is 3.39. The number of hydrogen-bond acceptors (Lipinski definition) is 6. The van der Waals surface area contributed by atoms with Gasteiger partial charge in [0.2, 0.25) is 0 Å². The lowest BCUT2D eigenvalue weighted by Crippen LogP contribution is -2.45. The third kappa shape index (κ3) is 5.39. The van der Waals surface area contributed by atoms with Crippen LogP contribution in [0.15, 0.2) is 10.6 Å². The molecule has 1 atom stereocenters. The van der Waals surface area contributed by atoms with Crippen molar-refractivity contribution in [1.82, 2.24) is 15.4 Å². The first-order chi connectivity index (χ1) is 10.3. The van der Waals surface area contributed by atoms with E-state index in [4.69, 9.17) is 14.0 Å². The zero-order valence-corrected chi connectivity index (χ0v) is 13.1. The molecule has 21 heavy (non-hydrogen) atoms. The maximum Gasteiger partial charge on any atom is 0.162 e. The third-order valence-electron chi connectivity index (χ3n) is 3.87. The van der Waals surface area contributed by atoms with Gasteiger partial charge in [-0.15, -0.1) is 0 Å². The van der Waals surface area contributed by atoms with Crippen molar-refractivity contribution in [2.45, 2.75) is 38.5 Å². The lowest BCUT2D eigenvalue weighted by molar-refractivity contribution is 0.129. The maximum atomic E-state index is 5.26. The highest BCUT2D eigenvalue weighted by Gasteiger charge is 2.23. The van der Waals surface area contributed by atoms with Crippen LogP contribution in [-0.4, -0.2) is 56.6 Å². The Morgan fingerprint density at radius 2 is 2.29 bits per heavy atom. The van der Waals surface area contributed by atoms with E-state index in [-0.39, 0.29) is 0 Å². The van der Waals surface area contributed by atoms with Crippen LogP contribution in [-0.2, 0) is 22.6 Å². The standard InChI is InChI=1S/C15H27N3O3/c1-19-8-6-16-10-14-5-3-4-7-18(14)11-13-9-15(12-20-2)21-17-13/h9,14,16H,3-8,10-12H2,1-2H3. The molecule has 1 saturated heterocycles. The van der Waals surface area contributed by atoms with Gasteiger partial charge in [-0.05, 0) is 19.4 Å². The van der Waals surface area contributed by atoms with Gasteiger partial charge in [0.1, 0.15) is 6.61 Å². The largest absolute Gasteiger partial charge is 0.383 e. The summed E-state index contributed by atoms with van der Waals surface area (Å²) in [5.41, 5.74) is 0.992. The van der Waals surface area contributed by atoms with E-state index in [1.165, 1.54) is 19.3 Å². The van der Waals surface area contributed by atoms with E-state index < -0.39 is 0 Å². The van der Waals surface area contributed by atoms with Crippen molar-refractivity contribution in [1.29, 1.82) is 0 Å². The van der Waals surface area contributed by atoms with Crippen LogP contribution < -0.4 is 5.32 Å². The first kappa shape index (κ1) is 16.4. The molecule has 1 fully saturated rings. The molecule has 1 aromatic rings. The predicted molar refractivity (Wildman–Crippen MR) is 80.0 cm³/mol. The van der Waals surface area contributed by atoms with Gasteiger partial charge in [-0.3, -0.25) is 4.90 Å². The van der Waals surface area contributed by atoms with Crippen LogP contribution in [0.25, 0.3) is 0 Å². The molecule has 0 saturated carbocycles. The van der Waals surface area contributed by atoms with Crippen molar-refractivity contribution in [2.75, 3.05) is 40.5 Å². The van der Waals surface area contributed by atoms with Crippen molar-refractivity contribution in [3.63, 3.8) is 0 Å². The number of likely N-dealkylation sites (tertiary alicyclic amines) is 1. The molecule has 0 radical (unpaired) electrons. The van der Waals surface area contributed by atoms with E-state index in [1.807, 2.05) is 6.07 Å². The minimum absolute atomic E-state index is 0.481. The summed E-state index contributed by atoms with van der Waals surface area (Å²) in [6, 6.07) is 2.56. The van der Waals surface area contributed by atoms with Crippen molar-refractivity contribution in [3.8, 4) is 0 Å². The highest BCUT2D eigenvalue weighted by Crippen LogP contribution is 2.19. The van der Waals surface area contributed by atoms with Gasteiger partial charge in [-0.1, -0.05) is 11.6 Å². The Balaban J connectivity index is 1.82. The smallest absolute Gasteiger partial charge is 0.162 e. The van der Waals surface area contributed by atoms with Gasteiger partial charge in [0.05, 0.1) is 12.3 Å². The second kappa shape index (κ2) is 9.15. The van der Waals surface area contributed by atoms with Gasteiger partial charge >= 0.3 is 0 Å². The number of piperidine rings is 1. The SMILES string of the molecule is COCCNCC1CCCCN1Cc1cc(COC)on1. The van der Waals surface area contributed by atoms with E-state index in [0.29, 0.717) is 12.6 Å². The monoisotopic (exact) mass is 297 g/mol. The molecular formula is C15H27N3O3. The molecule has 1 N–H and O–H groups in total. The second-order valence-electron chi connectivity index (χ2n) is 5.53. The summed E-state index contributed by atoms with van der Waals surface area (Å²) in [4.78, 5) is 2.50. The molecule has 0 spiro atoms. The van der Waals surface area contributed by atoms with Gasteiger partial charge in [-0.2, -0.15) is 0 Å². The van der Waals surface area contributed by atoms with E-state index in [1.54, 1.807) is 14.2 Å². The summed E-state index contributed by atoms with van der Waals surface area (Å²) in [5, 5.41) is 7.60. The number of ether oxygens (including phenoxy) is 2. The molecule has 120 valence electrons. The topological polar surface area (TPSA) is 59.8 Å². The number of rotatable bonds is 9. The molecule has 1 aliphatic rings. The lowest BCUT2D eigenvalue weighted by Gasteiger charge is -2.35. The zero-order valence-electron chi connectivity index (χ0n) is 13.1. The molecule has 1 aliphatic heterocycles. The highest BCUT2D eigenvalue weighted by molar-refractivity contribution is 5.05. The van der Waals surface area contributed by atoms with Crippen LogP contribution >= 0.6 is 0 Å².